The van der Waals surface area contributed by atoms with Crippen molar-refractivity contribution < 1.29 is 5.11 Å². The summed E-state index contributed by atoms with van der Waals surface area (Å²) in [5.41, 5.74) is 2.69. The molecule has 0 saturated heterocycles. The summed E-state index contributed by atoms with van der Waals surface area (Å²) in [5.74, 6) is 0.249. The molecule has 18 heavy (non-hydrogen) atoms. The van der Waals surface area contributed by atoms with Crippen LogP contribution in [-0.4, -0.2) is 20.1 Å². The lowest BCUT2D eigenvalue weighted by molar-refractivity contribution is 0.475. The first-order valence-electron chi connectivity index (χ1n) is 5.51. The molecule has 3 rings (SSSR count). The second-order valence-corrected chi connectivity index (χ2v) is 4.97. The Bertz CT molecular complexity index is 583. The van der Waals surface area contributed by atoms with Crippen LogP contribution in [0.1, 0.15) is 11.1 Å². The minimum absolute atomic E-state index is 0.0995. The number of hydrogen-bond donors (Lipinski definition) is 2. The predicted octanol–water partition coefficient (Wildman–Crippen LogP) is 1.99. The molecule has 0 radical (unpaired) electrons. The van der Waals surface area contributed by atoms with E-state index in [9.17, 15) is 5.11 Å². The van der Waals surface area contributed by atoms with Crippen molar-refractivity contribution in [3.05, 3.63) is 41.6 Å². The monoisotopic (exact) mass is 260 g/mol. The summed E-state index contributed by atoms with van der Waals surface area (Å²) < 4.78 is 0. The van der Waals surface area contributed by atoms with Crippen LogP contribution in [0.15, 0.2) is 35.9 Å². The van der Waals surface area contributed by atoms with Crippen molar-refractivity contribution in [2.24, 2.45) is 7.05 Å². The Hall–Kier alpha value is -1.95. The molecular formula is C12H12N4OS. The fourth-order valence-corrected chi connectivity index (χ4v) is 2.61. The SMILES string of the molecule is Cn1nc(-c2ccc(O)cc2)c(C2NC=CS2)n1. The Kier molecular flexibility index (Phi) is 2.71. The fourth-order valence-electron chi connectivity index (χ4n) is 1.85. The molecule has 1 aliphatic rings. The molecule has 5 nitrogen and oxygen atoms in total. The van der Waals surface area contributed by atoms with Crippen LogP contribution in [0, 0.1) is 0 Å². The number of aromatic nitrogens is 3. The molecule has 2 heterocycles. The second kappa shape index (κ2) is 4.38. The Morgan fingerprint density at radius 1 is 1.28 bits per heavy atom. The van der Waals surface area contributed by atoms with Gasteiger partial charge in [0.2, 0.25) is 0 Å². The highest BCUT2D eigenvalue weighted by atomic mass is 32.2. The van der Waals surface area contributed by atoms with E-state index in [0.717, 1.165) is 17.0 Å². The van der Waals surface area contributed by atoms with E-state index < -0.39 is 0 Å². The molecule has 1 aromatic carbocycles. The van der Waals surface area contributed by atoms with Gasteiger partial charge in [-0.05, 0) is 29.7 Å². The van der Waals surface area contributed by atoms with Crippen molar-refractivity contribution in [3.8, 4) is 17.0 Å². The summed E-state index contributed by atoms with van der Waals surface area (Å²) in [5, 5.41) is 23.5. The molecule has 1 aliphatic heterocycles. The molecule has 0 spiro atoms. The second-order valence-electron chi connectivity index (χ2n) is 3.96. The molecule has 2 N–H and O–H groups in total. The Morgan fingerprint density at radius 2 is 2.06 bits per heavy atom. The number of phenols is 1. The number of benzene rings is 1. The van der Waals surface area contributed by atoms with E-state index >= 15 is 0 Å². The van der Waals surface area contributed by atoms with E-state index in [1.54, 1.807) is 35.7 Å². The van der Waals surface area contributed by atoms with Gasteiger partial charge in [0.05, 0.1) is 0 Å². The standard InChI is InChI=1S/C12H12N4OS/c1-16-14-10(8-2-4-9(17)5-3-8)11(15-16)12-13-6-7-18-12/h2-7,12-13,17H,1H3. The van der Waals surface area contributed by atoms with Crippen LogP contribution in [0.2, 0.25) is 0 Å². The minimum Gasteiger partial charge on any atom is -0.508 e. The number of nitrogens with one attached hydrogen (secondary N) is 1. The number of nitrogens with zero attached hydrogens (tertiary/aromatic N) is 3. The highest BCUT2D eigenvalue weighted by Gasteiger charge is 2.22. The quantitative estimate of drug-likeness (QED) is 0.864. The highest BCUT2D eigenvalue weighted by Crippen LogP contribution is 2.35. The Morgan fingerprint density at radius 3 is 2.72 bits per heavy atom. The van der Waals surface area contributed by atoms with Gasteiger partial charge < -0.3 is 10.4 Å². The van der Waals surface area contributed by atoms with Gasteiger partial charge in [0, 0.05) is 18.8 Å². The van der Waals surface area contributed by atoms with E-state index in [0.29, 0.717) is 0 Å². The summed E-state index contributed by atoms with van der Waals surface area (Å²) in [6.07, 6.45) is 1.91. The van der Waals surface area contributed by atoms with Crippen molar-refractivity contribution in [2.75, 3.05) is 0 Å². The first-order chi connectivity index (χ1) is 8.74. The highest BCUT2D eigenvalue weighted by molar-refractivity contribution is 8.02. The Labute approximate surface area is 109 Å². The van der Waals surface area contributed by atoms with Crippen LogP contribution >= 0.6 is 11.8 Å². The number of thioether (sulfide) groups is 1. The zero-order valence-electron chi connectivity index (χ0n) is 9.74. The topological polar surface area (TPSA) is 63.0 Å². The maximum Gasteiger partial charge on any atom is 0.124 e. The first kappa shape index (κ1) is 11.2. The van der Waals surface area contributed by atoms with Crippen LogP contribution in [0.3, 0.4) is 0 Å². The largest absolute Gasteiger partial charge is 0.508 e. The van der Waals surface area contributed by atoms with E-state index in [-0.39, 0.29) is 11.1 Å². The molecule has 0 fully saturated rings. The normalized spacial score (nSPS) is 17.9. The van der Waals surface area contributed by atoms with Crippen LogP contribution in [0.5, 0.6) is 5.75 Å². The van der Waals surface area contributed by atoms with E-state index in [1.807, 2.05) is 23.7 Å². The number of aryl methyl sites for hydroxylation is 1. The van der Waals surface area contributed by atoms with Gasteiger partial charge in [-0.3, -0.25) is 0 Å². The third kappa shape index (κ3) is 1.95. The number of aromatic hydroxyl groups is 1. The molecular weight excluding hydrogens is 248 g/mol. The lowest BCUT2D eigenvalue weighted by Gasteiger charge is -2.08. The van der Waals surface area contributed by atoms with Crippen LogP contribution in [0.25, 0.3) is 11.3 Å². The molecule has 1 atom stereocenters. The van der Waals surface area contributed by atoms with Gasteiger partial charge >= 0.3 is 0 Å². The molecule has 0 saturated carbocycles. The fraction of sp³-hybridized carbons (Fsp3) is 0.167. The summed E-state index contributed by atoms with van der Waals surface area (Å²) in [6, 6.07) is 6.99. The maximum absolute atomic E-state index is 9.32. The smallest absolute Gasteiger partial charge is 0.124 e. The van der Waals surface area contributed by atoms with Gasteiger partial charge in [-0.15, -0.1) is 11.8 Å². The first-order valence-corrected chi connectivity index (χ1v) is 6.45. The summed E-state index contributed by atoms with van der Waals surface area (Å²) in [6.45, 7) is 0. The van der Waals surface area contributed by atoms with Gasteiger partial charge in [-0.25, -0.2) is 0 Å². The summed E-state index contributed by atoms with van der Waals surface area (Å²) in [4.78, 5) is 1.57. The number of phenolic OH excluding ortho intramolecular Hbond substituents is 1. The molecule has 0 bridgehead atoms. The van der Waals surface area contributed by atoms with E-state index in [2.05, 4.69) is 15.5 Å². The number of hydrogen-bond acceptors (Lipinski definition) is 5. The van der Waals surface area contributed by atoms with Crippen molar-refractivity contribution in [3.63, 3.8) is 0 Å². The van der Waals surface area contributed by atoms with Gasteiger partial charge in [0.1, 0.15) is 22.5 Å². The van der Waals surface area contributed by atoms with Crippen LogP contribution in [0.4, 0.5) is 0 Å². The zero-order chi connectivity index (χ0) is 12.5. The Balaban J connectivity index is 2.03. The average molecular weight is 260 g/mol. The molecule has 6 heteroatoms. The van der Waals surface area contributed by atoms with Crippen molar-refractivity contribution in [1.82, 2.24) is 20.3 Å². The van der Waals surface area contributed by atoms with Gasteiger partial charge in [-0.1, -0.05) is 0 Å². The lowest BCUT2D eigenvalue weighted by Crippen LogP contribution is -2.09. The predicted molar refractivity (Wildman–Crippen MR) is 70.7 cm³/mol. The summed E-state index contributed by atoms with van der Waals surface area (Å²) >= 11 is 1.66. The van der Waals surface area contributed by atoms with Gasteiger partial charge in [0.15, 0.2) is 0 Å². The van der Waals surface area contributed by atoms with Crippen molar-refractivity contribution in [2.45, 2.75) is 5.37 Å². The van der Waals surface area contributed by atoms with Crippen molar-refractivity contribution in [1.29, 1.82) is 0 Å². The van der Waals surface area contributed by atoms with E-state index in [4.69, 9.17) is 0 Å². The lowest BCUT2D eigenvalue weighted by atomic mass is 10.1. The molecule has 0 amide bonds. The molecule has 2 aromatic rings. The van der Waals surface area contributed by atoms with Crippen LogP contribution < -0.4 is 5.32 Å². The number of rotatable bonds is 2. The molecule has 1 unspecified atom stereocenters. The molecule has 92 valence electrons. The average Bonchev–Trinajstić information content (AvgIpc) is 2.98. The van der Waals surface area contributed by atoms with Gasteiger partial charge in [-0.2, -0.15) is 15.0 Å². The van der Waals surface area contributed by atoms with E-state index in [1.165, 1.54) is 0 Å². The van der Waals surface area contributed by atoms with Crippen LogP contribution in [-0.2, 0) is 7.05 Å². The van der Waals surface area contributed by atoms with Crippen molar-refractivity contribution >= 4 is 11.8 Å². The molecule has 0 aliphatic carbocycles. The minimum atomic E-state index is 0.0995. The third-order valence-corrected chi connectivity index (χ3v) is 3.58. The zero-order valence-corrected chi connectivity index (χ0v) is 10.6. The molecule has 1 aromatic heterocycles. The maximum atomic E-state index is 9.32. The summed E-state index contributed by atoms with van der Waals surface area (Å²) in [7, 11) is 1.81. The van der Waals surface area contributed by atoms with Gasteiger partial charge in [0.25, 0.3) is 0 Å². The third-order valence-electron chi connectivity index (χ3n) is 2.66.